The average Bonchev–Trinajstić information content (AvgIpc) is 3.11. The van der Waals surface area contributed by atoms with Crippen molar-refractivity contribution in [3.05, 3.63) is 42.2 Å². The van der Waals surface area contributed by atoms with Crippen molar-refractivity contribution in [2.45, 2.75) is 19.4 Å². The minimum atomic E-state index is 0.218. The molecule has 1 amide bonds. The number of nitrogens with zero attached hydrogens (tertiary/aromatic N) is 1. The molecule has 3 rings (SSSR count). The van der Waals surface area contributed by atoms with Gasteiger partial charge < -0.3 is 14.1 Å². The van der Waals surface area contributed by atoms with Crippen LogP contribution in [0.1, 0.15) is 18.4 Å². The summed E-state index contributed by atoms with van der Waals surface area (Å²) in [6, 6.07) is 9.71. The van der Waals surface area contributed by atoms with Gasteiger partial charge in [-0.3, -0.25) is 4.79 Å². The number of benzene rings is 1. The van der Waals surface area contributed by atoms with Gasteiger partial charge in [-0.05, 0) is 36.8 Å². The number of methoxy groups -OCH3 is 1. The van der Waals surface area contributed by atoms with Crippen LogP contribution in [0.5, 0.6) is 5.75 Å². The Morgan fingerprint density at radius 3 is 2.90 bits per heavy atom. The topological polar surface area (TPSA) is 42.7 Å². The van der Waals surface area contributed by atoms with Gasteiger partial charge in [0.1, 0.15) is 11.5 Å². The highest BCUT2D eigenvalue weighted by Crippen LogP contribution is 2.28. The Morgan fingerprint density at radius 2 is 2.25 bits per heavy atom. The molecule has 1 aliphatic heterocycles. The van der Waals surface area contributed by atoms with Crippen LogP contribution in [0.15, 0.2) is 41.0 Å². The molecule has 0 spiro atoms. The predicted octanol–water partition coefficient (Wildman–Crippen LogP) is 3.08. The molecule has 0 unspecified atom stereocenters. The van der Waals surface area contributed by atoms with E-state index in [1.54, 1.807) is 13.4 Å². The maximum Gasteiger partial charge on any atom is 0.222 e. The summed E-state index contributed by atoms with van der Waals surface area (Å²) in [7, 11) is 1.65. The first-order valence-electron chi connectivity index (χ1n) is 6.76. The van der Waals surface area contributed by atoms with E-state index in [9.17, 15) is 4.79 Å². The molecule has 1 aromatic heterocycles. The summed E-state index contributed by atoms with van der Waals surface area (Å²) in [5.41, 5.74) is 2.01. The van der Waals surface area contributed by atoms with Gasteiger partial charge in [-0.2, -0.15) is 0 Å². The Bertz CT molecular complexity index is 604. The van der Waals surface area contributed by atoms with Gasteiger partial charge in [-0.25, -0.2) is 0 Å². The second kappa shape index (κ2) is 5.41. The highest BCUT2D eigenvalue weighted by atomic mass is 16.5. The first-order valence-corrected chi connectivity index (χ1v) is 6.76. The minimum Gasteiger partial charge on any atom is -0.496 e. The molecule has 104 valence electrons. The Labute approximate surface area is 118 Å². The predicted molar refractivity (Wildman–Crippen MR) is 75.3 cm³/mol. The van der Waals surface area contributed by atoms with Crippen LogP contribution in [0.3, 0.4) is 0 Å². The molecule has 0 saturated carbocycles. The lowest BCUT2D eigenvalue weighted by atomic mass is 10.1. The molecule has 1 aliphatic rings. The Kier molecular flexibility index (Phi) is 3.46. The zero-order valence-corrected chi connectivity index (χ0v) is 11.5. The van der Waals surface area contributed by atoms with Crippen molar-refractivity contribution < 1.29 is 13.9 Å². The highest BCUT2D eigenvalue weighted by Gasteiger charge is 2.21. The van der Waals surface area contributed by atoms with Crippen molar-refractivity contribution in [2.24, 2.45) is 0 Å². The molecule has 2 heterocycles. The summed E-state index contributed by atoms with van der Waals surface area (Å²) < 4.78 is 10.8. The Hall–Kier alpha value is -2.23. The van der Waals surface area contributed by atoms with Crippen molar-refractivity contribution in [3.8, 4) is 17.1 Å². The van der Waals surface area contributed by atoms with Crippen LogP contribution in [0.4, 0.5) is 0 Å². The molecule has 4 nitrogen and oxygen atoms in total. The lowest BCUT2D eigenvalue weighted by Gasteiger charge is -2.18. The van der Waals surface area contributed by atoms with E-state index in [0.717, 1.165) is 35.6 Å². The fourth-order valence-electron chi connectivity index (χ4n) is 2.58. The fourth-order valence-corrected chi connectivity index (χ4v) is 2.58. The van der Waals surface area contributed by atoms with E-state index in [1.165, 1.54) is 0 Å². The van der Waals surface area contributed by atoms with Crippen LogP contribution in [-0.2, 0) is 11.3 Å². The first-order chi connectivity index (χ1) is 9.78. The third kappa shape index (κ3) is 2.41. The second-order valence-electron chi connectivity index (χ2n) is 4.92. The number of likely N-dealkylation sites (tertiary alicyclic amines) is 1. The Balaban J connectivity index is 1.91. The first kappa shape index (κ1) is 12.8. The zero-order chi connectivity index (χ0) is 13.9. The molecule has 0 atom stereocenters. The molecular formula is C16H17NO3. The molecule has 0 N–H and O–H groups in total. The van der Waals surface area contributed by atoms with Crippen molar-refractivity contribution in [1.29, 1.82) is 0 Å². The lowest BCUT2D eigenvalue weighted by Crippen LogP contribution is -2.24. The molecule has 4 heteroatoms. The standard InChI is InChI=1S/C16H17NO3/c1-19-14-7-6-12(15-4-3-9-20-15)10-13(14)11-17-8-2-5-16(17)18/h3-4,6-7,9-10H,2,5,8,11H2,1H3. The van der Waals surface area contributed by atoms with Crippen LogP contribution in [-0.4, -0.2) is 24.5 Å². The van der Waals surface area contributed by atoms with Crippen molar-refractivity contribution in [2.75, 3.05) is 13.7 Å². The third-order valence-electron chi connectivity index (χ3n) is 3.62. The Morgan fingerprint density at radius 1 is 1.35 bits per heavy atom. The van der Waals surface area contributed by atoms with E-state index in [-0.39, 0.29) is 5.91 Å². The number of ether oxygens (including phenoxy) is 1. The van der Waals surface area contributed by atoms with E-state index in [2.05, 4.69) is 0 Å². The van der Waals surface area contributed by atoms with Crippen LogP contribution < -0.4 is 4.74 Å². The molecule has 1 saturated heterocycles. The number of rotatable bonds is 4. The maximum absolute atomic E-state index is 11.8. The number of carbonyl (C=O) groups excluding carboxylic acids is 1. The lowest BCUT2D eigenvalue weighted by molar-refractivity contribution is -0.128. The molecular weight excluding hydrogens is 254 g/mol. The number of hydrogen-bond donors (Lipinski definition) is 0. The molecule has 0 bridgehead atoms. The molecule has 1 aromatic carbocycles. The number of furan rings is 1. The SMILES string of the molecule is COc1ccc(-c2ccco2)cc1CN1CCCC1=O. The largest absolute Gasteiger partial charge is 0.496 e. The van der Waals surface area contributed by atoms with E-state index in [4.69, 9.17) is 9.15 Å². The monoisotopic (exact) mass is 271 g/mol. The minimum absolute atomic E-state index is 0.218. The maximum atomic E-state index is 11.8. The molecule has 0 radical (unpaired) electrons. The quantitative estimate of drug-likeness (QED) is 0.858. The van der Waals surface area contributed by atoms with Gasteiger partial charge in [0.2, 0.25) is 5.91 Å². The number of carbonyl (C=O) groups is 1. The highest BCUT2D eigenvalue weighted by molar-refractivity contribution is 5.78. The van der Waals surface area contributed by atoms with Gasteiger partial charge in [0.25, 0.3) is 0 Å². The van der Waals surface area contributed by atoms with Crippen molar-refractivity contribution in [1.82, 2.24) is 4.90 Å². The summed E-state index contributed by atoms with van der Waals surface area (Å²) >= 11 is 0. The molecule has 1 fully saturated rings. The third-order valence-corrected chi connectivity index (χ3v) is 3.62. The van der Waals surface area contributed by atoms with Gasteiger partial charge >= 0.3 is 0 Å². The van der Waals surface area contributed by atoms with Gasteiger partial charge in [-0.15, -0.1) is 0 Å². The summed E-state index contributed by atoms with van der Waals surface area (Å²) in [5, 5.41) is 0. The average molecular weight is 271 g/mol. The summed E-state index contributed by atoms with van der Waals surface area (Å²) in [4.78, 5) is 13.6. The van der Waals surface area contributed by atoms with E-state index in [0.29, 0.717) is 13.0 Å². The van der Waals surface area contributed by atoms with E-state index < -0.39 is 0 Å². The molecule has 2 aromatic rings. The van der Waals surface area contributed by atoms with Crippen molar-refractivity contribution >= 4 is 5.91 Å². The second-order valence-corrected chi connectivity index (χ2v) is 4.92. The van der Waals surface area contributed by atoms with E-state index >= 15 is 0 Å². The summed E-state index contributed by atoms with van der Waals surface area (Å²) in [6.07, 6.45) is 3.25. The van der Waals surface area contributed by atoms with Gasteiger partial charge in [-0.1, -0.05) is 0 Å². The number of amides is 1. The van der Waals surface area contributed by atoms with Crippen LogP contribution >= 0.6 is 0 Å². The normalized spacial score (nSPS) is 14.8. The molecule has 0 aliphatic carbocycles. The van der Waals surface area contributed by atoms with Crippen LogP contribution in [0.2, 0.25) is 0 Å². The summed E-state index contributed by atoms with van der Waals surface area (Å²) in [6.45, 7) is 1.42. The zero-order valence-electron chi connectivity index (χ0n) is 11.5. The molecule has 20 heavy (non-hydrogen) atoms. The number of hydrogen-bond acceptors (Lipinski definition) is 3. The van der Waals surface area contributed by atoms with Crippen molar-refractivity contribution in [3.63, 3.8) is 0 Å². The fraction of sp³-hybridized carbons (Fsp3) is 0.312. The smallest absolute Gasteiger partial charge is 0.222 e. The van der Waals surface area contributed by atoms with Gasteiger partial charge in [0.05, 0.1) is 13.4 Å². The van der Waals surface area contributed by atoms with Gasteiger partial charge in [0.15, 0.2) is 0 Å². The van der Waals surface area contributed by atoms with Crippen LogP contribution in [0, 0.1) is 0 Å². The van der Waals surface area contributed by atoms with Crippen LogP contribution in [0.25, 0.3) is 11.3 Å². The van der Waals surface area contributed by atoms with Gasteiger partial charge in [0, 0.05) is 30.6 Å². The van der Waals surface area contributed by atoms with E-state index in [1.807, 2.05) is 35.2 Å². The summed E-state index contributed by atoms with van der Waals surface area (Å²) in [5.74, 6) is 1.84.